The fourth-order valence-corrected chi connectivity index (χ4v) is 5.58. The van der Waals surface area contributed by atoms with Gasteiger partial charge in [0.25, 0.3) is 0 Å². The van der Waals surface area contributed by atoms with Gasteiger partial charge in [-0.05, 0) is 55.9 Å². The Labute approximate surface area is 237 Å². The molecule has 1 atom stereocenters. The molecule has 42 heavy (non-hydrogen) atoms. The zero-order valence-electron chi connectivity index (χ0n) is 22.1. The summed E-state index contributed by atoms with van der Waals surface area (Å²) in [5.74, 6) is -1.81. The Morgan fingerprint density at radius 2 is 1.71 bits per heavy atom. The van der Waals surface area contributed by atoms with Crippen molar-refractivity contribution in [3.63, 3.8) is 0 Å². The highest BCUT2D eigenvalue weighted by atomic mass is 32.2. The summed E-state index contributed by atoms with van der Waals surface area (Å²) < 4.78 is 61.4. The number of aromatic amines is 1. The maximum absolute atomic E-state index is 14.7. The van der Waals surface area contributed by atoms with Gasteiger partial charge in [0.1, 0.15) is 40.0 Å². The lowest BCUT2D eigenvalue weighted by Gasteiger charge is -2.16. The van der Waals surface area contributed by atoms with Crippen molar-refractivity contribution in [3.8, 4) is 22.4 Å². The van der Waals surface area contributed by atoms with Crippen LogP contribution in [0.3, 0.4) is 0 Å². The van der Waals surface area contributed by atoms with Crippen LogP contribution in [-0.4, -0.2) is 35.6 Å². The van der Waals surface area contributed by atoms with Crippen molar-refractivity contribution in [1.82, 2.24) is 24.9 Å². The lowest BCUT2D eigenvalue weighted by atomic mass is 9.95. The normalized spacial score (nSPS) is 12.7. The van der Waals surface area contributed by atoms with Gasteiger partial charge in [0, 0.05) is 5.56 Å². The second-order valence-corrected chi connectivity index (χ2v) is 11.4. The summed E-state index contributed by atoms with van der Waals surface area (Å²) in [5, 5.41) is 7.30. The fourth-order valence-electron chi connectivity index (χ4n) is 4.85. The highest BCUT2D eigenvalue weighted by Gasteiger charge is 2.27. The van der Waals surface area contributed by atoms with Gasteiger partial charge in [-0.1, -0.05) is 30.3 Å². The van der Waals surface area contributed by atoms with E-state index >= 15 is 0 Å². The number of benzene rings is 3. The molecule has 0 aliphatic carbocycles. The lowest BCUT2D eigenvalue weighted by molar-refractivity contribution is 0.512. The number of rotatable bonds is 6. The Hall–Kier alpha value is -5.01. The Kier molecular flexibility index (Phi) is 6.55. The minimum absolute atomic E-state index is 0.0156. The monoisotopic (exact) mass is 588 g/mol. The molecule has 0 saturated heterocycles. The topological polar surface area (TPSA) is 157 Å². The number of anilines is 1. The lowest BCUT2D eigenvalue weighted by Crippen LogP contribution is -2.18. The third kappa shape index (κ3) is 4.48. The number of nitrogens with two attached hydrogens (primary N) is 1. The van der Waals surface area contributed by atoms with Gasteiger partial charge in [-0.3, -0.25) is 9.89 Å². The Morgan fingerprint density at radius 3 is 2.43 bits per heavy atom. The van der Waals surface area contributed by atoms with E-state index in [1.807, 2.05) is 0 Å². The van der Waals surface area contributed by atoms with E-state index in [2.05, 4.69) is 24.9 Å². The minimum atomic E-state index is -3.62. The van der Waals surface area contributed by atoms with Gasteiger partial charge in [0.15, 0.2) is 5.65 Å². The zero-order chi connectivity index (χ0) is 29.8. The van der Waals surface area contributed by atoms with Crippen molar-refractivity contribution in [1.29, 1.82) is 0 Å². The van der Waals surface area contributed by atoms with Gasteiger partial charge in [-0.2, -0.15) is 5.10 Å². The van der Waals surface area contributed by atoms with Gasteiger partial charge in [-0.25, -0.2) is 31.9 Å². The highest BCUT2D eigenvalue weighted by molar-refractivity contribution is 7.89. The predicted octanol–water partition coefficient (Wildman–Crippen LogP) is 4.71. The number of aromatic nitrogens is 4. The zero-order valence-corrected chi connectivity index (χ0v) is 23.0. The summed E-state index contributed by atoms with van der Waals surface area (Å²) in [6.45, 7) is 1.68. The molecule has 0 radical (unpaired) electrons. The summed E-state index contributed by atoms with van der Waals surface area (Å²) in [6, 6.07) is 15.5. The molecule has 212 valence electrons. The molecule has 0 saturated carbocycles. The maximum Gasteiger partial charge on any atom is 0.240 e. The number of halogens is 2. The van der Waals surface area contributed by atoms with Crippen molar-refractivity contribution in [3.05, 3.63) is 100 Å². The molecule has 10 nitrogen and oxygen atoms in total. The molecule has 0 aliphatic rings. The van der Waals surface area contributed by atoms with E-state index in [-0.39, 0.29) is 50.0 Å². The molecule has 0 amide bonds. The second kappa shape index (κ2) is 10.1. The van der Waals surface area contributed by atoms with E-state index in [0.717, 1.165) is 6.07 Å². The molecule has 13 heteroatoms. The van der Waals surface area contributed by atoms with Crippen molar-refractivity contribution in [2.75, 3.05) is 12.8 Å². The quantitative estimate of drug-likeness (QED) is 0.252. The number of sulfonamides is 1. The summed E-state index contributed by atoms with van der Waals surface area (Å²) >= 11 is 0. The van der Waals surface area contributed by atoms with E-state index < -0.39 is 33.0 Å². The average molecular weight is 589 g/mol. The summed E-state index contributed by atoms with van der Waals surface area (Å²) in [6.07, 6.45) is 0. The van der Waals surface area contributed by atoms with E-state index in [1.54, 1.807) is 19.1 Å². The summed E-state index contributed by atoms with van der Waals surface area (Å²) in [5.41, 5.74) is 7.19. The molecule has 3 heterocycles. The van der Waals surface area contributed by atoms with Gasteiger partial charge in [0.2, 0.25) is 15.5 Å². The fraction of sp³-hybridized carbons (Fsp3) is 0.103. The Bertz CT molecular complexity index is 2180. The first-order valence-electron chi connectivity index (χ1n) is 12.7. The summed E-state index contributed by atoms with van der Waals surface area (Å²) in [7, 11) is -2.30. The molecule has 4 N–H and O–H groups in total. The van der Waals surface area contributed by atoms with Gasteiger partial charge in [0.05, 0.1) is 27.5 Å². The minimum Gasteiger partial charge on any atom is -0.459 e. The predicted molar refractivity (Wildman–Crippen MR) is 153 cm³/mol. The third-order valence-corrected chi connectivity index (χ3v) is 8.40. The second-order valence-electron chi connectivity index (χ2n) is 9.51. The first-order valence-corrected chi connectivity index (χ1v) is 14.1. The van der Waals surface area contributed by atoms with Gasteiger partial charge in [-0.15, -0.1) is 0 Å². The number of hydrogen-bond donors (Lipinski definition) is 3. The SMILES string of the molecule is CNS(=O)(=O)c1ccc(-c2[nH]nc3nc(C(C)c4oc5cccc(F)c5c(=O)c4-c4cccc(F)c4)nc(N)c23)cc1. The molecule has 0 bridgehead atoms. The molecule has 3 aromatic heterocycles. The molecule has 0 aliphatic heterocycles. The largest absolute Gasteiger partial charge is 0.459 e. The van der Waals surface area contributed by atoms with Crippen molar-refractivity contribution < 1.29 is 21.6 Å². The highest BCUT2D eigenvalue weighted by Crippen LogP contribution is 2.36. The summed E-state index contributed by atoms with van der Waals surface area (Å²) in [4.78, 5) is 22.7. The van der Waals surface area contributed by atoms with E-state index in [9.17, 15) is 22.0 Å². The maximum atomic E-state index is 14.7. The van der Waals surface area contributed by atoms with Gasteiger partial charge >= 0.3 is 0 Å². The number of fused-ring (bicyclic) bond motifs is 2. The standard InChI is InChI=1S/C29H22F2N6O4S/c1-14(26-21(16-5-3-6-17(30)13-16)25(38)22-19(31)7-4-8-20(22)41-26)28-34-27(32)23-24(36-37-29(23)35-28)15-9-11-18(12-10-15)42(39,40)33-2/h3-14,33H,1-2H3,(H3,32,34,35,36,37). The van der Waals surface area contributed by atoms with Crippen LogP contribution in [0.5, 0.6) is 0 Å². The van der Waals surface area contributed by atoms with Crippen molar-refractivity contribution >= 4 is 37.8 Å². The third-order valence-electron chi connectivity index (χ3n) is 6.97. The van der Waals surface area contributed by atoms with Crippen LogP contribution < -0.4 is 15.9 Å². The molecule has 6 rings (SSSR count). The average Bonchev–Trinajstić information content (AvgIpc) is 3.41. The van der Waals surface area contributed by atoms with Crippen molar-refractivity contribution in [2.24, 2.45) is 0 Å². The van der Waals surface area contributed by atoms with E-state index in [1.165, 1.54) is 55.6 Å². The van der Waals surface area contributed by atoms with Crippen LogP contribution >= 0.6 is 0 Å². The van der Waals surface area contributed by atoms with Gasteiger partial charge < -0.3 is 10.2 Å². The molecule has 3 aromatic carbocycles. The molecule has 6 aromatic rings. The van der Waals surface area contributed by atoms with E-state index in [0.29, 0.717) is 16.6 Å². The Balaban J connectivity index is 1.49. The first-order chi connectivity index (χ1) is 20.1. The molecule has 1 unspecified atom stereocenters. The van der Waals surface area contributed by atoms with Crippen molar-refractivity contribution in [2.45, 2.75) is 17.7 Å². The number of H-pyrrole nitrogens is 1. The van der Waals surface area contributed by atoms with Crippen LogP contribution in [0.2, 0.25) is 0 Å². The number of nitrogens with zero attached hydrogens (tertiary/aromatic N) is 3. The molecular formula is C29H22F2N6O4S. The van der Waals surface area contributed by atoms with Crippen LogP contribution in [0.15, 0.2) is 80.8 Å². The first kappa shape index (κ1) is 27.2. The molecule has 0 fully saturated rings. The Morgan fingerprint density at radius 1 is 0.976 bits per heavy atom. The van der Waals surface area contributed by atoms with Crippen LogP contribution in [0, 0.1) is 11.6 Å². The number of hydrogen-bond acceptors (Lipinski definition) is 8. The molecule has 0 spiro atoms. The number of nitrogens with one attached hydrogen (secondary N) is 2. The van der Waals surface area contributed by atoms with Crippen LogP contribution in [0.1, 0.15) is 24.4 Å². The van der Waals surface area contributed by atoms with E-state index in [4.69, 9.17) is 10.2 Å². The van der Waals surface area contributed by atoms with Crippen LogP contribution in [-0.2, 0) is 10.0 Å². The van der Waals surface area contributed by atoms with Crippen LogP contribution in [0.4, 0.5) is 14.6 Å². The smallest absolute Gasteiger partial charge is 0.240 e. The van der Waals surface area contributed by atoms with Crippen LogP contribution in [0.25, 0.3) is 44.4 Å². The number of nitrogen functional groups attached to an aromatic ring is 1. The molecular weight excluding hydrogens is 566 g/mol.